The van der Waals surface area contributed by atoms with E-state index < -0.39 is 0 Å². The lowest BCUT2D eigenvalue weighted by Gasteiger charge is -2.26. The lowest BCUT2D eigenvalue weighted by molar-refractivity contribution is 0.134. The third-order valence-electron chi connectivity index (χ3n) is 3.04. The van der Waals surface area contributed by atoms with Crippen molar-refractivity contribution in [1.82, 2.24) is 0 Å². The summed E-state index contributed by atoms with van der Waals surface area (Å²) in [6.45, 7) is 1.66. The molecule has 0 saturated carbocycles. The van der Waals surface area contributed by atoms with Crippen LogP contribution < -0.4 is 10.2 Å². The third-order valence-corrected chi connectivity index (χ3v) is 3.04. The van der Waals surface area contributed by atoms with E-state index in [0.717, 1.165) is 18.8 Å². The zero-order valence-corrected chi connectivity index (χ0v) is 10.1. The minimum absolute atomic E-state index is 0.0881. The molecule has 0 aromatic heterocycles. The molecule has 18 heavy (non-hydrogen) atoms. The molecule has 3 rings (SSSR count). The summed E-state index contributed by atoms with van der Waals surface area (Å²) in [5.74, 6) is 0. The predicted octanol–water partition coefficient (Wildman–Crippen LogP) is 2.92. The van der Waals surface area contributed by atoms with Gasteiger partial charge >= 0.3 is 0 Å². The van der Waals surface area contributed by atoms with E-state index in [1.54, 1.807) is 0 Å². The SMILES string of the molecule is c1ccc(NC2OCCN2c2ccccc2)cc1. The molecule has 1 heterocycles. The average molecular weight is 240 g/mol. The molecule has 2 aromatic carbocycles. The van der Waals surface area contributed by atoms with Crippen molar-refractivity contribution in [3.05, 3.63) is 60.7 Å². The molecule has 1 atom stereocenters. The van der Waals surface area contributed by atoms with Crippen molar-refractivity contribution in [3.8, 4) is 0 Å². The maximum atomic E-state index is 5.74. The number of benzene rings is 2. The van der Waals surface area contributed by atoms with Crippen molar-refractivity contribution in [2.75, 3.05) is 23.4 Å². The molecule has 1 unspecified atom stereocenters. The first-order chi connectivity index (χ1) is 8.93. The van der Waals surface area contributed by atoms with Crippen LogP contribution >= 0.6 is 0 Å². The summed E-state index contributed by atoms with van der Waals surface area (Å²) in [5, 5.41) is 3.39. The van der Waals surface area contributed by atoms with E-state index in [1.165, 1.54) is 5.69 Å². The van der Waals surface area contributed by atoms with Crippen molar-refractivity contribution in [2.24, 2.45) is 0 Å². The molecular weight excluding hydrogens is 224 g/mol. The second-order valence-corrected chi connectivity index (χ2v) is 4.26. The predicted molar refractivity (Wildman–Crippen MR) is 73.6 cm³/mol. The van der Waals surface area contributed by atoms with Crippen molar-refractivity contribution in [1.29, 1.82) is 0 Å². The van der Waals surface area contributed by atoms with Gasteiger partial charge in [0.1, 0.15) is 0 Å². The lowest BCUT2D eigenvalue weighted by atomic mass is 10.3. The molecular formula is C15H16N2O. The minimum atomic E-state index is -0.0881. The zero-order chi connectivity index (χ0) is 12.2. The molecule has 1 saturated heterocycles. The topological polar surface area (TPSA) is 24.5 Å². The number of hydrogen-bond acceptors (Lipinski definition) is 3. The van der Waals surface area contributed by atoms with Gasteiger partial charge in [-0.2, -0.15) is 0 Å². The van der Waals surface area contributed by atoms with Gasteiger partial charge in [-0.3, -0.25) is 0 Å². The number of nitrogens with zero attached hydrogens (tertiary/aromatic N) is 1. The van der Waals surface area contributed by atoms with E-state index >= 15 is 0 Å². The molecule has 0 spiro atoms. The van der Waals surface area contributed by atoms with Gasteiger partial charge in [-0.25, -0.2) is 0 Å². The molecule has 1 aliphatic heterocycles. The molecule has 1 N–H and O–H groups in total. The Kier molecular flexibility index (Phi) is 3.15. The Hall–Kier alpha value is -2.00. The summed E-state index contributed by atoms with van der Waals surface area (Å²) in [6, 6.07) is 20.5. The van der Waals surface area contributed by atoms with Gasteiger partial charge in [0.05, 0.1) is 6.61 Å². The average Bonchev–Trinajstić information content (AvgIpc) is 2.89. The fourth-order valence-corrected chi connectivity index (χ4v) is 2.15. The van der Waals surface area contributed by atoms with Gasteiger partial charge in [0, 0.05) is 17.9 Å². The van der Waals surface area contributed by atoms with Gasteiger partial charge in [-0.05, 0) is 24.3 Å². The van der Waals surface area contributed by atoms with E-state index in [4.69, 9.17) is 4.74 Å². The molecule has 1 fully saturated rings. The molecule has 3 heteroatoms. The summed E-state index contributed by atoms with van der Waals surface area (Å²) in [7, 11) is 0. The smallest absolute Gasteiger partial charge is 0.208 e. The van der Waals surface area contributed by atoms with E-state index in [2.05, 4.69) is 22.3 Å². The highest BCUT2D eigenvalue weighted by Gasteiger charge is 2.25. The summed E-state index contributed by atoms with van der Waals surface area (Å²) in [4.78, 5) is 2.23. The van der Waals surface area contributed by atoms with Crippen LogP contribution in [-0.4, -0.2) is 19.5 Å². The Bertz CT molecular complexity index is 486. The second-order valence-electron chi connectivity index (χ2n) is 4.26. The van der Waals surface area contributed by atoms with Crippen LogP contribution in [0.25, 0.3) is 0 Å². The first kappa shape index (κ1) is 11.1. The van der Waals surface area contributed by atoms with Crippen LogP contribution in [0.1, 0.15) is 0 Å². The minimum Gasteiger partial charge on any atom is -0.343 e. The third kappa shape index (κ3) is 2.31. The molecule has 0 bridgehead atoms. The van der Waals surface area contributed by atoms with Gasteiger partial charge in [0.2, 0.25) is 6.35 Å². The zero-order valence-electron chi connectivity index (χ0n) is 10.1. The van der Waals surface area contributed by atoms with Crippen LogP contribution in [0.3, 0.4) is 0 Å². The van der Waals surface area contributed by atoms with Gasteiger partial charge in [0.25, 0.3) is 0 Å². The number of nitrogens with one attached hydrogen (secondary N) is 1. The number of anilines is 2. The normalized spacial score (nSPS) is 18.9. The van der Waals surface area contributed by atoms with Gasteiger partial charge in [-0.15, -0.1) is 0 Å². The van der Waals surface area contributed by atoms with E-state index in [-0.39, 0.29) is 6.35 Å². The van der Waals surface area contributed by atoms with E-state index in [0.29, 0.717) is 0 Å². The molecule has 0 radical (unpaired) electrons. The van der Waals surface area contributed by atoms with Crippen molar-refractivity contribution < 1.29 is 4.74 Å². The largest absolute Gasteiger partial charge is 0.343 e. The molecule has 1 aliphatic rings. The number of hydrogen-bond donors (Lipinski definition) is 1. The summed E-state index contributed by atoms with van der Waals surface area (Å²) >= 11 is 0. The Morgan fingerprint density at radius 3 is 2.33 bits per heavy atom. The molecule has 92 valence electrons. The Morgan fingerprint density at radius 2 is 1.61 bits per heavy atom. The van der Waals surface area contributed by atoms with Crippen LogP contribution in [0.4, 0.5) is 11.4 Å². The van der Waals surface area contributed by atoms with Crippen LogP contribution in [0, 0.1) is 0 Å². The monoisotopic (exact) mass is 240 g/mol. The van der Waals surface area contributed by atoms with Crippen molar-refractivity contribution in [3.63, 3.8) is 0 Å². The standard InChI is InChI=1S/C15H16N2O/c1-3-7-13(8-4-1)16-15-17(11-12-18-15)14-9-5-2-6-10-14/h1-10,15-16H,11-12H2. The highest BCUT2D eigenvalue weighted by atomic mass is 16.5. The fraction of sp³-hybridized carbons (Fsp3) is 0.200. The van der Waals surface area contributed by atoms with Crippen LogP contribution in [0.15, 0.2) is 60.7 Å². The van der Waals surface area contributed by atoms with Crippen LogP contribution in [-0.2, 0) is 4.74 Å². The molecule has 0 aliphatic carbocycles. The first-order valence-electron chi connectivity index (χ1n) is 6.18. The molecule has 3 nitrogen and oxygen atoms in total. The van der Waals surface area contributed by atoms with E-state index in [9.17, 15) is 0 Å². The lowest BCUT2D eigenvalue weighted by Crippen LogP contribution is -2.36. The first-order valence-corrected chi connectivity index (χ1v) is 6.18. The van der Waals surface area contributed by atoms with Crippen molar-refractivity contribution >= 4 is 11.4 Å². The number of para-hydroxylation sites is 2. The van der Waals surface area contributed by atoms with Gasteiger partial charge < -0.3 is 15.0 Å². The molecule has 2 aromatic rings. The number of ether oxygens (including phenoxy) is 1. The van der Waals surface area contributed by atoms with Crippen LogP contribution in [0.5, 0.6) is 0 Å². The number of rotatable bonds is 3. The molecule has 0 amide bonds. The fourth-order valence-electron chi connectivity index (χ4n) is 2.15. The summed E-state index contributed by atoms with van der Waals surface area (Å²) in [5.41, 5.74) is 2.26. The van der Waals surface area contributed by atoms with Crippen molar-refractivity contribution in [2.45, 2.75) is 6.35 Å². The maximum Gasteiger partial charge on any atom is 0.208 e. The summed E-state index contributed by atoms with van der Waals surface area (Å²) in [6.07, 6.45) is -0.0881. The Labute approximate surface area is 107 Å². The van der Waals surface area contributed by atoms with Gasteiger partial charge in [0.15, 0.2) is 0 Å². The highest BCUT2D eigenvalue weighted by Crippen LogP contribution is 2.22. The highest BCUT2D eigenvalue weighted by molar-refractivity contribution is 5.51. The maximum absolute atomic E-state index is 5.74. The summed E-state index contributed by atoms with van der Waals surface area (Å²) < 4.78 is 5.74. The van der Waals surface area contributed by atoms with Gasteiger partial charge in [-0.1, -0.05) is 36.4 Å². The van der Waals surface area contributed by atoms with E-state index in [1.807, 2.05) is 48.5 Å². The second kappa shape index (κ2) is 5.10. The Morgan fingerprint density at radius 1 is 0.944 bits per heavy atom. The quantitative estimate of drug-likeness (QED) is 0.892. The Balaban J connectivity index is 1.76. The van der Waals surface area contributed by atoms with Crippen LogP contribution in [0.2, 0.25) is 0 Å².